The quantitative estimate of drug-likeness (QED) is 0.772. The summed E-state index contributed by atoms with van der Waals surface area (Å²) in [5, 5.41) is 19.8. The molecule has 0 spiro atoms. The number of aliphatic hydroxyl groups is 1. The molecular weight excluding hydrogens is 194 g/mol. The summed E-state index contributed by atoms with van der Waals surface area (Å²) in [5.41, 5.74) is 0.364. The number of hydrogen-bond acceptors (Lipinski definition) is 3. The van der Waals surface area contributed by atoms with E-state index in [4.69, 9.17) is 5.11 Å². The molecule has 0 amide bonds. The van der Waals surface area contributed by atoms with Gasteiger partial charge >= 0.3 is 5.97 Å². The summed E-state index contributed by atoms with van der Waals surface area (Å²) in [6.07, 6.45) is 1.82. The molecule has 2 aromatic rings. The minimum Gasteiger partial charge on any atom is -0.479 e. The predicted octanol–water partition coefficient (Wildman–Crippen LogP) is 1.35. The Bertz CT molecular complexity index is 510. The minimum absolute atomic E-state index is 0.364. The van der Waals surface area contributed by atoms with Crippen molar-refractivity contribution < 1.29 is 15.0 Å². The minimum atomic E-state index is -1.48. The van der Waals surface area contributed by atoms with Crippen LogP contribution in [0.25, 0.3) is 10.8 Å². The van der Waals surface area contributed by atoms with Crippen molar-refractivity contribution in [2.45, 2.75) is 6.10 Å². The topological polar surface area (TPSA) is 70.4 Å². The molecular formula is C11H9NO3. The first-order valence-corrected chi connectivity index (χ1v) is 4.43. The Morgan fingerprint density at radius 1 is 1.27 bits per heavy atom. The summed E-state index contributed by atoms with van der Waals surface area (Å²) in [7, 11) is 0. The number of fused-ring (bicyclic) bond motifs is 1. The van der Waals surface area contributed by atoms with Crippen LogP contribution in [0.3, 0.4) is 0 Å². The summed E-state index contributed by atoms with van der Waals surface area (Å²) in [5.74, 6) is -1.25. The van der Waals surface area contributed by atoms with Gasteiger partial charge in [-0.25, -0.2) is 4.79 Å². The number of pyridine rings is 1. The lowest BCUT2D eigenvalue weighted by atomic mass is 10.1. The smallest absolute Gasteiger partial charge is 0.337 e. The van der Waals surface area contributed by atoms with Gasteiger partial charge in [-0.15, -0.1) is 0 Å². The monoisotopic (exact) mass is 203 g/mol. The number of carboxylic acid groups (broad SMARTS) is 1. The van der Waals surface area contributed by atoms with E-state index in [-0.39, 0.29) is 0 Å². The Balaban J connectivity index is 2.51. The van der Waals surface area contributed by atoms with E-state index in [9.17, 15) is 9.90 Å². The molecule has 0 saturated heterocycles. The summed E-state index contributed by atoms with van der Waals surface area (Å²) in [6, 6.07) is 6.81. The second-order valence-corrected chi connectivity index (χ2v) is 3.22. The van der Waals surface area contributed by atoms with Gasteiger partial charge in [0.25, 0.3) is 0 Å². The zero-order valence-corrected chi connectivity index (χ0v) is 7.79. The van der Waals surface area contributed by atoms with Crippen molar-refractivity contribution in [3.63, 3.8) is 0 Å². The second-order valence-electron chi connectivity index (χ2n) is 3.22. The fourth-order valence-electron chi connectivity index (χ4n) is 1.42. The molecule has 0 aliphatic rings. The molecule has 4 heteroatoms. The van der Waals surface area contributed by atoms with Crippen molar-refractivity contribution in [2.24, 2.45) is 0 Å². The van der Waals surface area contributed by atoms with Crippen molar-refractivity contribution in [1.29, 1.82) is 0 Å². The van der Waals surface area contributed by atoms with E-state index < -0.39 is 12.1 Å². The van der Waals surface area contributed by atoms with Gasteiger partial charge in [0.2, 0.25) is 0 Å². The SMILES string of the molecule is O=C(O)C(O)c1ccc2ccncc2c1. The molecule has 4 nitrogen and oxygen atoms in total. The molecule has 0 radical (unpaired) electrons. The van der Waals surface area contributed by atoms with Crippen LogP contribution < -0.4 is 0 Å². The highest BCUT2D eigenvalue weighted by atomic mass is 16.4. The van der Waals surface area contributed by atoms with Crippen LogP contribution in [-0.2, 0) is 4.79 Å². The highest BCUT2D eigenvalue weighted by Crippen LogP contribution is 2.19. The molecule has 0 bridgehead atoms. The third kappa shape index (κ3) is 1.80. The molecule has 15 heavy (non-hydrogen) atoms. The largest absolute Gasteiger partial charge is 0.479 e. The van der Waals surface area contributed by atoms with Gasteiger partial charge in [-0.3, -0.25) is 4.98 Å². The van der Waals surface area contributed by atoms with Gasteiger partial charge in [-0.2, -0.15) is 0 Å². The number of nitrogens with zero attached hydrogens (tertiary/aromatic N) is 1. The van der Waals surface area contributed by atoms with Crippen LogP contribution in [0.4, 0.5) is 0 Å². The molecule has 1 aromatic carbocycles. The lowest BCUT2D eigenvalue weighted by Crippen LogP contribution is -2.10. The lowest BCUT2D eigenvalue weighted by molar-refractivity contribution is -0.146. The highest BCUT2D eigenvalue weighted by Gasteiger charge is 2.15. The average Bonchev–Trinajstić information content (AvgIpc) is 2.27. The van der Waals surface area contributed by atoms with Gasteiger partial charge in [0.05, 0.1) is 0 Å². The van der Waals surface area contributed by atoms with Crippen LogP contribution in [0.5, 0.6) is 0 Å². The Hall–Kier alpha value is -1.94. The van der Waals surface area contributed by atoms with Crippen LogP contribution in [0.15, 0.2) is 36.7 Å². The maximum absolute atomic E-state index is 10.6. The van der Waals surface area contributed by atoms with E-state index in [2.05, 4.69) is 4.98 Å². The third-order valence-electron chi connectivity index (χ3n) is 2.21. The number of aliphatic carboxylic acids is 1. The van der Waals surface area contributed by atoms with Gasteiger partial charge in [0, 0.05) is 17.8 Å². The molecule has 2 rings (SSSR count). The first-order chi connectivity index (χ1) is 7.18. The van der Waals surface area contributed by atoms with Crippen LogP contribution in [0.2, 0.25) is 0 Å². The van der Waals surface area contributed by atoms with E-state index >= 15 is 0 Å². The standard InChI is InChI=1S/C11H9NO3/c13-10(11(14)15)8-2-1-7-3-4-12-6-9(7)5-8/h1-6,10,13H,(H,14,15). The van der Waals surface area contributed by atoms with Gasteiger partial charge in [0.15, 0.2) is 6.10 Å². The van der Waals surface area contributed by atoms with Crippen LogP contribution >= 0.6 is 0 Å². The van der Waals surface area contributed by atoms with Crippen molar-refractivity contribution in [3.8, 4) is 0 Å². The van der Waals surface area contributed by atoms with E-state index in [0.29, 0.717) is 5.56 Å². The summed E-state index contributed by atoms with van der Waals surface area (Å²) < 4.78 is 0. The van der Waals surface area contributed by atoms with Gasteiger partial charge < -0.3 is 10.2 Å². The second kappa shape index (κ2) is 3.67. The number of aromatic nitrogens is 1. The Kier molecular flexibility index (Phi) is 2.35. The van der Waals surface area contributed by atoms with Crippen LogP contribution in [0.1, 0.15) is 11.7 Å². The molecule has 0 aliphatic heterocycles. The molecule has 76 valence electrons. The Morgan fingerprint density at radius 3 is 2.80 bits per heavy atom. The number of rotatable bonds is 2. The molecule has 0 fully saturated rings. The van der Waals surface area contributed by atoms with Gasteiger partial charge in [-0.05, 0) is 23.1 Å². The predicted molar refractivity (Wildman–Crippen MR) is 54.3 cm³/mol. The molecule has 1 heterocycles. The number of benzene rings is 1. The van der Waals surface area contributed by atoms with E-state index in [1.165, 1.54) is 0 Å². The third-order valence-corrected chi connectivity index (χ3v) is 2.21. The first-order valence-electron chi connectivity index (χ1n) is 4.43. The van der Waals surface area contributed by atoms with E-state index in [1.54, 1.807) is 30.6 Å². The van der Waals surface area contributed by atoms with Crippen molar-refractivity contribution >= 4 is 16.7 Å². The molecule has 1 atom stereocenters. The maximum atomic E-state index is 10.6. The van der Waals surface area contributed by atoms with E-state index in [0.717, 1.165) is 10.8 Å². The average molecular weight is 203 g/mol. The first kappa shape index (κ1) is 9.61. The molecule has 0 aliphatic carbocycles. The zero-order chi connectivity index (χ0) is 10.8. The lowest BCUT2D eigenvalue weighted by Gasteiger charge is -2.06. The number of hydrogen-bond donors (Lipinski definition) is 2. The molecule has 1 aromatic heterocycles. The zero-order valence-electron chi connectivity index (χ0n) is 7.79. The van der Waals surface area contributed by atoms with Crippen LogP contribution in [0, 0.1) is 0 Å². The van der Waals surface area contributed by atoms with Crippen molar-refractivity contribution in [1.82, 2.24) is 4.98 Å². The molecule has 0 saturated carbocycles. The molecule has 1 unspecified atom stereocenters. The Labute approximate surface area is 85.8 Å². The van der Waals surface area contributed by atoms with E-state index in [1.807, 2.05) is 6.07 Å². The number of aliphatic hydroxyl groups excluding tert-OH is 1. The summed E-state index contributed by atoms with van der Waals surface area (Å²) in [6.45, 7) is 0. The van der Waals surface area contributed by atoms with Gasteiger partial charge in [-0.1, -0.05) is 12.1 Å². The van der Waals surface area contributed by atoms with Gasteiger partial charge in [0.1, 0.15) is 0 Å². The fraction of sp³-hybridized carbons (Fsp3) is 0.0909. The fourth-order valence-corrected chi connectivity index (χ4v) is 1.42. The number of carbonyl (C=O) groups is 1. The van der Waals surface area contributed by atoms with Crippen LogP contribution in [-0.4, -0.2) is 21.2 Å². The van der Waals surface area contributed by atoms with Crippen molar-refractivity contribution in [3.05, 3.63) is 42.2 Å². The van der Waals surface area contributed by atoms with Crippen molar-refractivity contribution in [2.75, 3.05) is 0 Å². The molecule has 2 N–H and O–H groups in total. The normalized spacial score (nSPS) is 12.6. The summed E-state index contributed by atoms with van der Waals surface area (Å²) >= 11 is 0. The highest BCUT2D eigenvalue weighted by molar-refractivity contribution is 5.84. The maximum Gasteiger partial charge on any atom is 0.337 e. The number of carboxylic acids is 1. The Morgan fingerprint density at radius 2 is 2.07 bits per heavy atom. The summed E-state index contributed by atoms with van der Waals surface area (Å²) in [4.78, 5) is 14.5.